The molecule has 1 aromatic rings. The van der Waals surface area contributed by atoms with Crippen molar-refractivity contribution in [2.24, 2.45) is 5.92 Å². The lowest BCUT2D eigenvalue weighted by atomic mass is 9.98. The van der Waals surface area contributed by atoms with E-state index in [1.165, 1.54) is 5.56 Å². The molecule has 1 aliphatic rings. The van der Waals surface area contributed by atoms with E-state index in [0.717, 1.165) is 32.5 Å². The number of hydrogen-bond acceptors (Lipinski definition) is 4. The van der Waals surface area contributed by atoms with Crippen LogP contribution in [0, 0.1) is 17.2 Å². The summed E-state index contributed by atoms with van der Waals surface area (Å²) in [6.45, 7) is 2.91. The van der Waals surface area contributed by atoms with Gasteiger partial charge in [0.1, 0.15) is 5.82 Å². The zero-order valence-electron chi connectivity index (χ0n) is 9.26. The molecule has 1 saturated heterocycles. The van der Waals surface area contributed by atoms with Crippen LogP contribution in [0.25, 0.3) is 0 Å². The minimum atomic E-state index is 0.251. The van der Waals surface area contributed by atoms with Gasteiger partial charge in [-0.1, -0.05) is 6.07 Å². The summed E-state index contributed by atoms with van der Waals surface area (Å²) in [5.74, 6) is 0.813. The average Bonchev–Trinajstić information content (AvgIpc) is 2.33. The molecule has 0 unspecified atom stereocenters. The first kappa shape index (κ1) is 10.9. The number of nitrogen functional groups attached to an aromatic ring is 1. The number of anilines is 1. The summed E-state index contributed by atoms with van der Waals surface area (Å²) in [5, 5.41) is 8.81. The molecule has 0 aromatic carbocycles. The van der Waals surface area contributed by atoms with Crippen molar-refractivity contribution in [1.82, 2.24) is 9.88 Å². The Bertz CT molecular complexity index is 371. The molecule has 1 aliphatic heterocycles. The maximum atomic E-state index is 8.81. The van der Waals surface area contributed by atoms with Crippen LogP contribution in [0.1, 0.15) is 18.4 Å². The quantitative estimate of drug-likeness (QED) is 0.811. The smallest absolute Gasteiger partial charge is 0.123 e. The molecule has 0 saturated carbocycles. The fraction of sp³-hybridized carbons (Fsp3) is 0.500. The first-order valence-corrected chi connectivity index (χ1v) is 5.60. The second kappa shape index (κ2) is 4.95. The van der Waals surface area contributed by atoms with Crippen molar-refractivity contribution in [1.29, 1.82) is 5.26 Å². The Labute approximate surface area is 95.7 Å². The number of pyridine rings is 1. The van der Waals surface area contributed by atoms with Crippen LogP contribution in [0.5, 0.6) is 0 Å². The molecule has 2 heterocycles. The first-order valence-electron chi connectivity index (χ1n) is 5.60. The summed E-state index contributed by atoms with van der Waals surface area (Å²) in [7, 11) is 0. The van der Waals surface area contributed by atoms with Crippen LogP contribution in [-0.4, -0.2) is 23.0 Å². The van der Waals surface area contributed by atoms with Crippen molar-refractivity contribution in [2.75, 3.05) is 18.8 Å². The lowest BCUT2D eigenvalue weighted by Crippen LogP contribution is -2.32. The molecule has 2 N–H and O–H groups in total. The average molecular weight is 216 g/mol. The van der Waals surface area contributed by atoms with Gasteiger partial charge in [-0.25, -0.2) is 4.98 Å². The van der Waals surface area contributed by atoms with Crippen LogP contribution >= 0.6 is 0 Å². The second-order valence-corrected chi connectivity index (χ2v) is 4.27. The third-order valence-corrected chi connectivity index (χ3v) is 3.02. The van der Waals surface area contributed by atoms with Crippen molar-refractivity contribution in [3.05, 3.63) is 23.9 Å². The van der Waals surface area contributed by atoms with E-state index in [4.69, 9.17) is 11.0 Å². The van der Waals surface area contributed by atoms with Crippen LogP contribution in [0.3, 0.4) is 0 Å². The molecule has 0 atom stereocenters. The van der Waals surface area contributed by atoms with Gasteiger partial charge in [0.2, 0.25) is 0 Å². The van der Waals surface area contributed by atoms with E-state index in [2.05, 4.69) is 16.0 Å². The van der Waals surface area contributed by atoms with Gasteiger partial charge in [-0.05, 0) is 37.6 Å². The Hall–Kier alpha value is -1.60. The number of nitriles is 1. The highest BCUT2D eigenvalue weighted by Crippen LogP contribution is 2.17. The standard InChI is InChI=1S/C12H16N4/c13-7-10-3-5-16(6-4-10)9-11-1-2-12(14)15-8-11/h1-2,8,10H,3-6,9H2,(H2,14,15). The number of hydrogen-bond donors (Lipinski definition) is 1. The topological polar surface area (TPSA) is 65.9 Å². The molecule has 4 heteroatoms. The number of likely N-dealkylation sites (tertiary alicyclic amines) is 1. The highest BCUT2D eigenvalue weighted by Gasteiger charge is 2.18. The lowest BCUT2D eigenvalue weighted by molar-refractivity contribution is 0.198. The molecule has 1 fully saturated rings. The van der Waals surface area contributed by atoms with Crippen LogP contribution in [-0.2, 0) is 6.54 Å². The molecular weight excluding hydrogens is 200 g/mol. The molecule has 0 radical (unpaired) electrons. The Balaban J connectivity index is 1.87. The monoisotopic (exact) mass is 216 g/mol. The van der Waals surface area contributed by atoms with Crippen molar-refractivity contribution in [2.45, 2.75) is 19.4 Å². The van der Waals surface area contributed by atoms with Crippen LogP contribution < -0.4 is 5.73 Å². The van der Waals surface area contributed by atoms with Crippen LogP contribution in [0.2, 0.25) is 0 Å². The molecule has 0 bridgehead atoms. The molecule has 84 valence electrons. The SMILES string of the molecule is N#CC1CCN(Cc2ccc(N)nc2)CC1. The van der Waals surface area contributed by atoms with Crippen molar-refractivity contribution >= 4 is 5.82 Å². The highest BCUT2D eigenvalue weighted by atomic mass is 15.1. The number of aromatic nitrogens is 1. The number of piperidine rings is 1. The van der Waals surface area contributed by atoms with Gasteiger partial charge in [0, 0.05) is 18.7 Å². The van der Waals surface area contributed by atoms with E-state index in [1.807, 2.05) is 18.3 Å². The minimum Gasteiger partial charge on any atom is -0.384 e. The van der Waals surface area contributed by atoms with Crippen molar-refractivity contribution < 1.29 is 0 Å². The maximum absolute atomic E-state index is 8.81. The van der Waals surface area contributed by atoms with Crippen LogP contribution in [0.4, 0.5) is 5.82 Å². The van der Waals surface area contributed by atoms with Gasteiger partial charge in [-0.15, -0.1) is 0 Å². The van der Waals surface area contributed by atoms with Gasteiger partial charge in [-0.2, -0.15) is 5.26 Å². The Morgan fingerprint density at radius 1 is 1.44 bits per heavy atom. The molecule has 0 aliphatic carbocycles. The molecule has 0 amide bonds. The fourth-order valence-corrected chi connectivity index (χ4v) is 2.01. The van der Waals surface area contributed by atoms with Gasteiger partial charge in [0.25, 0.3) is 0 Å². The van der Waals surface area contributed by atoms with E-state index in [9.17, 15) is 0 Å². The number of nitrogens with two attached hydrogens (primary N) is 1. The molecule has 16 heavy (non-hydrogen) atoms. The summed E-state index contributed by atoms with van der Waals surface area (Å²) in [4.78, 5) is 6.44. The van der Waals surface area contributed by atoms with Gasteiger partial charge in [0.05, 0.1) is 6.07 Å². The van der Waals surface area contributed by atoms with Gasteiger partial charge >= 0.3 is 0 Å². The molecular formula is C12H16N4. The summed E-state index contributed by atoms with van der Waals surface area (Å²) in [5.41, 5.74) is 6.72. The summed E-state index contributed by atoms with van der Waals surface area (Å²) < 4.78 is 0. The third kappa shape index (κ3) is 2.71. The number of rotatable bonds is 2. The normalized spacial score (nSPS) is 18.2. The molecule has 1 aromatic heterocycles. The Morgan fingerprint density at radius 3 is 2.75 bits per heavy atom. The Kier molecular flexibility index (Phi) is 3.37. The lowest BCUT2D eigenvalue weighted by Gasteiger charge is -2.28. The van der Waals surface area contributed by atoms with Gasteiger partial charge < -0.3 is 5.73 Å². The van der Waals surface area contributed by atoms with E-state index >= 15 is 0 Å². The second-order valence-electron chi connectivity index (χ2n) is 4.27. The Morgan fingerprint density at radius 2 is 2.19 bits per heavy atom. The van der Waals surface area contributed by atoms with E-state index in [1.54, 1.807) is 0 Å². The predicted molar refractivity (Wildman–Crippen MR) is 62.3 cm³/mol. The third-order valence-electron chi connectivity index (χ3n) is 3.02. The fourth-order valence-electron chi connectivity index (χ4n) is 2.01. The molecule has 4 nitrogen and oxygen atoms in total. The predicted octanol–water partition coefficient (Wildman–Crippen LogP) is 1.40. The highest BCUT2D eigenvalue weighted by molar-refractivity contribution is 5.29. The largest absolute Gasteiger partial charge is 0.384 e. The molecule has 0 spiro atoms. The van der Waals surface area contributed by atoms with Gasteiger partial charge in [0.15, 0.2) is 0 Å². The number of nitrogens with zero attached hydrogens (tertiary/aromatic N) is 3. The molecule has 2 rings (SSSR count). The zero-order chi connectivity index (χ0) is 11.4. The summed E-state index contributed by atoms with van der Waals surface area (Å²) in [6.07, 6.45) is 3.80. The van der Waals surface area contributed by atoms with Gasteiger partial charge in [-0.3, -0.25) is 4.90 Å². The van der Waals surface area contributed by atoms with Crippen molar-refractivity contribution in [3.8, 4) is 6.07 Å². The van der Waals surface area contributed by atoms with E-state index in [-0.39, 0.29) is 5.92 Å². The van der Waals surface area contributed by atoms with Crippen molar-refractivity contribution in [3.63, 3.8) is 0 Å². The van der Waals surface area contributed by atoms with E-state index < -0.39 is 0 Å². The summed E-state index contributed by atoms with van der Waals surface area (Å²) in [6, 6.07) is 6.18. The first-order chi connectivity index (χ1) is 7.78. The zero-order valence-corrected chi connectivity index (χ0v) is 9.26. The summed E-state index contributed by atoms with van der Waals surface area (Å²) >= 11 is 0. The maximum Gasteiger partial charge on any atom is 0.123 e. The van der Waals surface area contributed by atoms with E-state index in [0.29, 0.717) is 5.82 Å². The van der Waals surface area contributed by atoms with Crippen LogP contribution in [0.15, 0.2) is 18.3 Å². The minimum absolute atomic E-state index is 0.251.